The minimum atomic E-state index is -0.500. The summed E-state index contributed by atoms with van der Waals surface area (Å²) >= 11 is 3.97. The molecule has 2 N–H and O–H groups in total. The molecular formula is C11H14NOS. The number of thiol groups is 1. The second-order valence-corrected chi connectivity index (χ2v) is 3.61. The van der Waals surface area contributed by atoms with Crippen LogP contribution in [-0.2, 0) is 4.79 Å². The summed E-state index contributed by atoms with van der Waals surface area (Å²) < 4.78 is 0. The van der Waals surface area contributed by atoms with Gasteiger partial charge < -0.3 is 5.73 Å². The summed E-state index contributed by atoms with van der Waals surface area (Å²) in [4.78, 5) is 11.4. The van der Waals surface area contributed by atoms with Gasteiger partial charge in [0.05, 0.1) is 12.5 Å². The van der Waals surface area contributed by atoms with E-state index in [1.807, 2.05) is 31.2 Å². The minimum Gasteiger partial charge on any atom is -0.321 e. The highest BCUT2D eigenvalue weighted by Crippen LogP contribution is 2.07. The molecule has 1 aromatic rings. The quantitative estimate of drug-likeness (QED) is 0.734. The van der Waals surface area contributed by atoms with Gasteiger partial charge in [-0.3, -0.25) is 4.79 Å². The summed E-state index contributed by atoms with van der Waals surface area (Å²) in [6.07, 6.45) is 1.56. The maximum atomic E-state index is 11.4. The molecule has 0 aromatic heterocycles. The summed E-state index contributed by atoms with van der Waals surface area (Å²) in [5.74, 6) is 0.296. The third kappa shape index (κ3) is 3.16. The molecule has 0 bridgehead atoms. The second kappa shape index (κ2) is 5.17. The number of nitrogens with two attached hydrogens (primary N) is 1. The molecule has 2 nitrogen and oxygen atoms in total. The van der Waals surface area contributed by atoms with Crippen LogP contribution >= 0.6 is 12.6 Å². The lowest BCUT2D eigenvalue weighted by atomic mass is 10.0. The molecule has 0 fully saturated rings. The van der Waals surface area contributed by atoms with Crippen molar-refractivity contribution >= 4 is 18.4 Å². The van der Waals surface area contributed by atoms with Crippen molar-refractivity contribution in [3.8, 4) is 0 Å². The van der Waals surface area contributed by atoms with E-state index < -0.39 is 6.04 Å². The van der Waals surface area contributed by atoms with E-state index in [1.54, 1.807) is 6.42 Å². The van der Waals surface area contributed by atoms with Crippen LogP contribution in [0, 0.1) is 13.3 Å². The van der Waals surface area contributed by atoms with Crippen LogP contribution < -0.4 is 5.73 Å². The van der Waals surface area contributed by atoms with E-state index in [1.165, 1.54) is 5.56 Å². The van der Waals surface area contributed by atoms with Gasteiger partial charge in [-0.2, -0.15) is 12.6 Å². The fraction of sp³-hybridized carbons (Fsp3) is 0.273. The highest BCUT2D eigenvalue weighted by Gasteiger charge is 2.11. The summed E-state index contributed by atoms with van der Waals surface area (Å²) in [7, 11) is 0. The SMILES string of the molecule is Cc1ccc([CH]C(=O)[C@H](N)CS)cc1. The fourth-order valence-electron chi connectivity index (χ4n) is 1.02. The maximum absolute atomic E-state index is 11.4. The van der Waals surface area contributed by atoms with Crippen LogP contribution in [0.2, 0.25) is 0 Å². The van der Waals surface area contributed by atoms with Gasteiger partial charge in [0.15, 0.2) is 5.78 Å². The molecular weight excluding hydrogens is 194 g/mol. The summed E-state index contributed by atoms with van der Waals surface area (Å²) in [5.41, 5.74) is 7.60. The molecule has 1 atom stereocenters. The number of aryl methyl sites for hydroxylation is 1. The Kier molecular flexibility index (Phi) is 4.17. The number of ketones is 1. The van der Waals surface area contributed by atoms with Gasteiger partial charge in [0.25, 0.3) is 0 Å². The van der Waals surface area contributed by atoms with Crippen molar-refractivity contribution in [2.75, 3.05) is 5.75 Å². The van der Waals surface area contributed by atoms with Crippen LogP contribution in [0.3, 0.4) is 0 Å². The maximum Gasteiger partial charge on any atom is 0.158 e. The Labute approximate surface area is 89.9 Å². The van der Waals surface area contributed by atoms with Crippen molar-refractivity contribution in [3.63, 3.8) is 0 Å². The lowest BCUT2D eigenvalue weighted by Crippen LogP contribution is -2.32. The molecule has 1 rings (SSSR count). The first-order valence-electron chi connectivity index (χ1n) is 4.45. The fourth-order valence-corrected chi connectivity index (χ4v) is 1.20. The van der Waals surface area contributed by atoms with Crippen molar-refractivity contribution in [2.24, 2.45) is 5.73 Å². The van der Waals surface area contributed by atoms with E-state index in [2.05, 4.69) is 12.6 Å². The molecule has 3 heteroatoms. The zero-order valence-corrected chi connectivity index (χ0v) is 9.00. The molecule has 1 aromatic carbocycles. The van der Waals surface area contributed by atoms with E-state index in [-0.39, 0.29) is 5.78 Å². The molecule has 0 saturated carbocycles. The van der Waals surface area contributed by atoms with Gasteiger partial charge in [0.1, 0.15) is 0 Å². The predicted molar refractivity (Wildman–Crippen MR) is 61.4 cm³/mol. The highest BCUT2D eigenvalue weighted by atomic mass is 32.1. The number of Topliss-reactive ketones (excluding diaryl/α,β-unsaturated/α-hetero) is 1. The average molecular weight is 208 g/mol. The Morgan fingerprint density at radius 2 is 2.07 bits per heavy atom. The first kappa shape index (κ1) is 11.3. The van der Waals surface area contributed by atoms with Crippen LogP contribution in [0.5, 0.6) is 0 Å². The van der Waals surface area contributed by atoms with Gasteiger partial charge in [0, 0.05) is 5.75 Å². The molecule has 75 valence electrons. The zero-order valence-electron chi connectivity index (χ0n) is 8.10. The number of carbonyl (C=O) groups excluding carboxylic acids is 1. The molecule has 0 amide bonds. The van der Waals surface area contributed by atoms with Crippen LogP contribution in [0.1, 0.15) is 11.1 Å². The van der Waals surface area contributed by atoms with Crippen LogP contribution in [0.15, 0.2) is 24.3 Å². The van der Waals surface area contributed by atoms with Gasteiger partial charge in [-0.25, -0.2) is 0 Å². The molecule has 0 aliphatic rings. The number of carbonyl (C=O) groups is 1. The first-order valence-corrected chi connectivity index (χ1v) is 5.08. The highest BCUT2D eigenvalue weighted by molar-refractivity contribution is 7.80. The number of hydrogen-bond acceptors (Lipinski definition) is 3. The normalized spacial score (nSPS) is 12.5. The van der Waals surface area contributed by atoms with E-state index in [9.17, 15) is 4.79 Å². The Bertz CT molecular complexity index is 308. The second-order valence-electron chi connectivity index (χ2n) is 3.25. The number of benzene rings is 1. The van der Waals surface area contributed by atoms with Gasteiger partial charge in [0.2, 0.25) is 0 Å². The molecule has 0 saturated heterocycles. The van der Waals surface area contributed by atoms with Crippen molar-refractivity contribution in [2.45, 2.75) is 13.0 Å². The minimum absolute atomic E-state index is 0.0798. The van der Waals surface area contributed by atoms with Crippen LogP contribution in [-0.4, -0.2) is 17.6 Å². The molecule has 0 heterocycles. The Balaban J connectivity index is 2.60. The largest absolute Gasteiger partial charge is 0.321 e. The lowest BCUT2D eigenvalue weighted by molar-refractivity contribution is -0.116. The lowest BCUT2D eigenvalue weighted by Gasteiger charge is -2.06. The summed E-state index contributed by atoms with van der Waals surface area (Å²) in [6, 6.07) is 7.23. The van der Waals surface area contributed by atoms with E-state index in [4.69, 9.17) is 5.73 Å². The Morgan fingerprint density at radius 1 is 1.50 bits per heavy atom. The molecule has 0 aliphatic heterocycles. The molecule has 0 aliphatic carbocycles. The monoisotopic (exact) mass is 208 g/mol. The third-order valence-corrected chi connectivity index (χ3v) is 2.34. The van der Waals surface area contributed by atoms with E-state index in [0.29, 0.717) is 5.75 Å². The zero-order chi connectivity index (χ0) is 10.6. The van der Waals surface area contributed by atoms with E-state index in [0.717, 1.165) is 5.56 Å². The number of hydrogen-bond donors (Lipinski definition) is 2. The van der Waals surface area contributed by atoms with Crippen LogP contribution in [0.4, 0.5) is 0 Å². The third-order valence-electron chi connectivity index (χ3n) is 1.95. The van der Waals surface area contributed by atoms with Crippen molar-refractivity contribution in [3.05, 3.63) is 41.8 Å². The van der Waals surface area contributed by atoms with Crippen molar-refractivity contribution in [1.29, 1.82) is 0 Å². The van der Waals surface area contributed by atoms with E-state index >= 15 is 0 Å². The average Bonchev–Trinajstić information content (AvgIpc) is 2.20. The van der Waals surface area contributed by atoms with Gasteiger partial charge in [-0.15, -0.1) is 0 Å². The Hall–Kier alpha value is -0.800. The molecule has 14 heavy (non-hydrogen) atoms. The molecule has 0 unspecified atom stereocenters. The van der Waals surface area contributed by atoms with Gasteiger partial charge >= 0.3 is 0 Å². The standard InChI is InChI=1S/C11H14NOS/c1-8-2-4-9(5-3-8)6-11(13)10(12)7-14/h2-6,10,14H,7,12H2,1H3/t10-/m1/s1. The summed E-state index contributed by atoms with van der Waals surface area (Å²) in [5, 5.41) is 0. The predicted octanol–water partition coefficient (Wildman–Crippen LogP) is 1.37. The summed E-state index contributed by atoms with van der Waals surface area (Å²) in [6.45, 7) is 2.01. The molecule has 0 spiro atoms. The van der Waals surface area contributed by atoms with Gasteiger partial charge in [-0.1, -0.05) is 29.8 Å². The van der Waals surface area contributed by atoms with Crippen LogP contribution in [0.25, 0.3) is 0 Å². The molecule has 1 radical (unpaired) electrons. The van der Waals surface area contributed by atoms with Gasteiger partial charge in [-0.05, 0) is 12.5 Å². The topological polar surface area (TPSA) is 43.1 Å². The Morgan fingerprint density at radius 3 is 2.57 bits per heavy atom. The smallest absolute Gasteiger partial charge is 0.158 e. The van der Waals surface area contributed by atoms with Crippen molar-refractivity contribution in [1.82, 2.24) is 0 Å². The first-order chi connectivity index (χ1) is 6.63. The van der Waals surface area contributed by atoms with Crippen molar-refractivity contribution < 1.29 is 4.79 Å². The number of rotatable bonds is 4.